The molecule has 0 heterocycles. The second-order valence-corrected chi connectivity index (χ2v) is 13.6. The van der Waals surface area contributed by atoms with E-state index < -0.39 is 32.5 Å². The molecule has 0 spiro atoms. The Bertz CT molecular complexity index is 1490. The predicted molar refractivity (Wildman–Crippen MR) is 154 cm³/mol. The van der Waals surface area contributed by atoms with Crippen LogP contribution in [-0.2, 0) is 31.4 Å². The van der Waals surface area contributed by atoms with Crippen LogP contribution in [0.25, 0.3) is 0 Å². The molecule has 9 nitrogen and oxygen atoms in total. The van der Waals surface area contributed by atoms with Gasteiger partial charge < -0.3 is 10.1 Å². The second-order valence-electron chi connectivity index (χ2n) is 10.00. The van der Waals surface area contributed by atoms with Gasteiger partial charge in [-0.2, -0.15) is 4.31 Å². The lowest BCUT2D eigenvalue weighted by Crippen LogP contribution is -2.41. The molecule has 4 rings (SSSR count). The molecule has 0 aliphatic heterocycles. The fourth-order valence-corrected chi connectivity index (χ4v) is 7.50. The summed E-state index contributed by atoms with van der Waals surface area (Å²) in [6.07, 6.45) is 3.80. The van der Waals surface area contributed by atoms with Crippen LogP contribution in [0.4, 0.5) is 5.69 Å². The van der Waals surface area contributed by atoms with Crippen molar-refractivity contribution in [2.75, 3.05) is 19.0 Å². The molecule has 0 unspecified atom stereocenters. The van der Waals surface area contributed by atoms with Crippen molar-refractivity contribution in [3.63, 3.8) is 0 Å². The zero-order valence-electron chi connectivity index (χ0n) is 22.6. The van der Waals surface area contributed by atoms with Gasteiger partial charge in [0.15, 0.2) is 0 Å². The third-order valence-electron chi connectivity index (χ3n) is 7.09. The van der Waals surface area contributed by atoms with E-state index in [-0.39, 0.29) is 28.3 Å². The minimum absolute atomic E-state index is 0.00671. The van der Waals surface area contributed by atoms with Crippen molar-refractivity contribution < 1.29 is 26.4 Å². The topological polar surface area (TPSA) is 122 Å². The van der Waals surface area contributed by atoms with Gasteiger partial charge in [-0.1, -0.05) is 50.1 Å². The van der Waals surface area contributed by atoms with E-state index in [1.807, 2.05) is 13.0 Å². The number of amides is 1. The second kappa shape index (κ2) is 12.9. The summed E-state index contributed by atoms with van der Waals surface area (Å²) in [6.45, 7) is 1.52. The Morgan fingerprint density at radius 3 is 2.12 bits per heavy atom. The van der Waals surface area contributed by atoms with Gasteiger partial charge in [-0.25, -0.2) is 21.6 Å². The minimum atomic E-state index is -4.17. The summed E-state index contributed by atoms with van der Waals surface area (Å²) in [6, 6.07) is 20.6. The number of nitrogens with zero attached hydrogens (tertiary/aromatic N) is 1. The Morgan fingerprint density at radius 2 is 1.50 bits per heavy atom. The minimum Gasteiger partial charge on any atom is -0.497 e. The smallest absolute Gasteiger partial charge is 0.243 e. The lowest BCUT2D eigenvalue weighted by atomic mass is 9.87. The largest absolute Gasteiger partial charge is 0.497 e. The Kier molecular flexibility index (Phi) is 9.62. The number of ether oxygens (including phenoxy) is 1. The van der Waals surface area contributed by atoms with Gasteiger partial charge in [0.1, 0.15) is 5.75 Å². The lowest BCUT2D eigenvalue weighted by Gasteiger charge is -2.29. The zero-order chi connectivity index (χ0) is 28.8. The molecule has 1 aliphatic carbocycles. The van der Waals surface area contributed by atoms with E-state index in [1.165, 1.54) is 31.4 Å². The van der Waals surface area contributed by atoms with Crippen LogP contribution < -0.4 is 14.8 Å². The quantitative estimate of drug-likeness (QED) is 0.344. The van der Waals surface area contributed by atoms with E-state index in [2.05, 4.69) is 10.0 Å². The number of hydrogen-bond acceptors (Lipinski definition) is 6. The van der Waals surface area contributed by atoms with Crippen molar-refractivity contribution in [2.45, 2.75) is 55.0 Å². The van der Waals surface area contributed by atoms with Gasteiger partial charge in [-0.05, 0) is 72.9 Å². The van der Waals surface area contributed by atoms with Gasteiger partial charge in [0.05, 0.1) is 23.4 Å². The molecule has 0 aromatic heterocycles. The van der Waals surface area contributed by atoms with Gasteiger partial charge in [0.25, 0.3) is 0 Å². The van der Waals surface area contributed by atoms with Gasteiger partial charge in [0, 0.05) is 18.3 Å². The van der Waals surface area contributed by atoms with Crippen LogP contribution in [0.15, 0.2) is 88.7 Å². The zero-order valence-corrected chi connectivity index (χ0v) is 24.2. The number of carbonyl (C=O) groups is 1. The summed E-state index contributed by atoms with van der Waals surface area (Å²) in [5.74, 6) is 0.345. The highest BCUT2D eigenvalue weighted by Gasteiger charge is 2.29. The average Bonchev–Trinajstić information content (AvgIpc) is 2.95. The van der Waals surface area contributed by atoms with Crippen LogP contribution >= 0.6 is 0 Å². The predicted octanol–water partition coefficient (Wildman–Crippen LogP) is 4.38. The lowest BCUT2D eigenvalue weighted by molar-refractivity contribution is -0.116. The number of rotatable bonds is 11. The Balaban J connectivity index is 1.56. The van der Waals surface area contributed by atoms with Crippen molar-refractivity contribution in [2.24, 2.45) is 5.92 Å². The molecule has 3 aromatic rings. The number of nitrogens with one attached hydrogen (secondary N) is 2. The monoisotopic (exact) mass is 585 g/mol. The van der Waals surface area contributed by atoms with Crippen LogP contribution in [0.1, 0.15) is 38.2 Å². The Morgan fingerprint density at radius 1 is 0.875 bits per heavy atom. The van der Waals surface area contributed by atoms with E-state index in [0.717, 1.165) is 30.0 Å². The number of carbonyl (C=O) groups excluding carboxylic acids is 1. The number of para-hydroxylation sites is 1. The first-order valence-electron chi connectivity index (χ1n) is 13.2. The normalized spacial score (nSPS) is 17.9. The molecule has 0 saturated heterocycles. The Hall–Kier alpha value is -3.25. The number of sulfonamides is 2. The number of benzene rings is 3. The summed E-state index contributed by atoms with van der Waals surface area (Å²) in [4.78, 5) is 12.7. The molecular weight excluding hydrogens is 550 g/mol. The van der Waals surface area contributed by atoms with Crippen LogP contribution in [0.5, 0.6) is 5.75 Å². The molecule has 11 heteroatoms. The van der Waals surface area contributed by atoms with E-state index in [1.54, 1.807) is 48.5 Å². The first-order chi connectivity index (χ1) is 19.1. The molecule has 1 fully saturated rings. The number of methoxy groups -OCH3 is 1. The molecule has 40 heavy (non-hydrogen) atoms. The molecule has 1 aliphatic rings. The first-order valence-corrected chi connectivity index (χ1v) is 16.1. The van der Waals surface area contributed by atoms with E-state index in [4.69, 9.17) is 4.74 Å². The van der Waals surface area contributed by atoms with Crippen LogP contribution in [0, 0.1) is 5.92 Å². The molecule has 1 amide bonds. The highest BCUT2D eigenvalue weighted by molar-refractivity contribution is 7.89. The molecular formula is C29H35N3O6S2. The molecule has 3 aromatic carbocycles. The van der Waals surface area contributed by atoms with Crippen LogP contribution in [0.2, 0.25) is 0 Å². The fraction of sp³-hybridized carbons (Fsp3) is 0.345. The summed E-state index contributed by atoms with van der Waals surface area (Å²) in [5, 5.41) is 2.72. The van der Waals surface area contributed by atoms with Gasteiger partial charge >= 0.3 is 0 Å². The van der Waals surface area contributed by atoms with E-state index in [0.29, 0.717) is 17.0 Å². The molecule has 1 saturated carbocycles. The molecule has 2 atom stereocenters. The first kappa shape index (κ1) is 29.7. The SMILES string of the molecule is COc1ccc(CN(CC(=O)Nc2ccccc2)S(=O)(=O)c2ccc(S(=O)(=O)N[C@@H]3CCCC[C@@H]3C)cc2)cc1. The fourth-order valence-electron chi connectivity index (χ4n) is 4.74. The summed E-state index contributed by atoms with van der Waals surface area (Å²) in [5.41, 5.74) is 1.20. The highest BCUT2D eigenvalue weighted by Crippen LogP contribution is 2.26. The molecule has 2 N–H and O–H groups in total. The summed E-state index contributed by atoms with van der Waals surface area (Å²) >= 11 is 0. The van der Waals surface area contributed by atoms with Gasteiger partial charge in [-0.3, -0.25) is 4.79 Å². The maximum atomic E-state index is 13.7. The Labute approximate surface area is 236 Å². The van der Waals surface area contributed by atoms with Crippen molar-refractivity contribution in [3.8, 4) is 5.75 Å². The maximum Gasteiger partial charge on any atom is 0.243 e. The van der Waals surface area contributed by atoms with Crippen molar-refractivity contribution in [1.29, 1.82) is 0 Å². The van der Waals surface area contributed by atoms with Gasteiger partial charge in [-0.15, -0.1) is 0 Å². The molecule has 214 valence electrons. The standard InChI is InChI=1S/C29H35N3O6S2/c1-22-8-6-7-11-28(22)31-39(34,35)26-16-18-27(19-17-26)40(36,37)32(20-23-12-14-25(38-2)15-13-23)21-29(33)30-24-9-4-3-5-10-24/h3-5,9-10,12-19,22,28,31H,6-8,11,20-21H2,1-2H3,(H,30,33)/t22-,28+/m0/s1. The maximum absolute atomic E-state index is 13.7. The van der Waals surface area contributed by atoms with Crippen molar-refractivity contribution >= 4 is 31.6 Å². The van der Waals surface area contributed by atoms with Crippen LogP contribution in [-0.4, -0.2) is 46.7 Å². The number of hydrogen-bond donors (Lipinski definition) is 2. The van der Waals surface area contributed by atoms with E-state index >= 15 is 0 Å². The third-order valence-corrected chi connectivity index (χ3v) is 10.4. The van der Waals surface area contributed by atoms with E-state index in [9.17, 15) is 21.6 Å². The molecule has 0 bridgehead atoms. The number of anilines is 1. The molecule has 0 radical (unpaired) electrons. The van der Waals surface area contributed by atoms with Crippen molar-refractivity contribution in [3.05, 3.63) is 84.4 Å². The summed E-state index contributed by atoms with van der Waals surface area (Å²) < 4.78 is 62.5. The highest BCUT2D eigenvalue weighted by atomic mass is 32.2. The summed E-state index contributed by atoms with van der Waals surface area (Å²) in [7, 11) is -6.46. The average molecular weight is 586 g/mol. The van der Waals surface area contributed by atoms with Crippen LogP contribution in [0.3, 0.4) is 0 Å². The third kappa shape index (κ3) is 7.48. The van der Waals surface area contributed by atoms with Gasteiger partial charge in [0.2, 0.25) is 26.0 Å². The van der Waals surface area contributed by atoms with Crippen molar-refractivity contribution in [1.82, 2.24) is 9.03 Å².